The fourth-order valence-electron chi connectivity index (χ4n) is 1.24. The van der Waals surface area contributed by atoms with Gasteiger partial charge in [-0.05, 0) is 42.7 Å². The molecule has 0 spiro atoms. The number of halogens is 2. The van der Waals surface area contributed by atoms with Gasteiger partial charge in [0.15, 0.2) is 0 Å². The summed E-state index contributed by atoms with van der Waals surface area (Å²) in [6.45, 7) is 5.73. The number of hydrogen-bond donors (Lipinski definition) is 0. The molecule has 1 rings (SSSR count). The highest BCUT2D eigenvalue weighted by Crippen LogP contribution is 2.21. The van der Waals surface area contributed by atoms with Crippen molar-refractivity contribution in [2.75, 3.05) is 0 Å². The van der Waals surface area contributed by atoms with E-state index in [1.54, 1.807) is 6.07 Å². The minimum Gasteiger partial charge on any atom is -0.0988 e. The van der Waals surface area contributed by atoms with E-state index in [0.29, 0.717) is 10.0 Å². The maximum Gasteiger partial charge on any atom is 0.0423 e. The molecule has 0 heterocycles. The Kier molecular flexibility index (Phi) is 4.24. The van der Waals surface area contributed by atoms with Crippen LogP contribution in [-0.4, -0.2) is 0 Å². The third-order valence-corrected chi connectivity index (χ3v) is 2.40. The summed E-state index contributed by atoms with van der Waals surface area (Å²) in [5.41, 5.74) is 2.28. The topological polar surface area (TPSA) is 0 Å². The van der Waals surface area contributed by atoms with Gasteiger partial charge in [-0.3, -0.25) is 0 Å². The van der Waals surface area contributed by atoms with Gasteiger partial charge < -0.3 is 0 Å². The van der Waals surface area contributed by atoms with Gasteiger partial charge in [0.1, 0.15) is 0 Å². The third kappa shape index (κ3) is 3.21. The molecule has 1 aromatic rings. The molecule has 2 heteroatoms. The lowest BCUT2D eigenvalue weighted by Crippen LogP contribution is -1.87. The van der Waals surface area contributed by atoms with Crippen LogP contribution in [0.5, 0.6) is 0 Å². The van der Waals surface area contributed by atoms with E-state index in [1.807, 2.05) is 31.2 Å². The van der Waals surface area contributed by atoms with Crippen LogP contribution in [0.2, 0.25) is 10.0 Å². The van der Waals surface area contributed by atoms with E-state index in [2.05, 4.69) is 6.58 Å². The van der Waals surface area contributed by atoms with E-state index in [-0.39, 0.29) is 0 Å². The second kappa shape index (κ2) is 5.23. The Labute approximate surface area is 94.8 Å². The van der Waals surface area contributed by atoms with Crippen molar-refractivity contribution in [3.05, 3.63) is 58.1 Å². The molecule has 0 fully saturated rings. The highest BCUT2D eigenvalue weighted by molar-refractivity contribution is 6.34. The minimum absolute atomic E-state index is 0.673. The molecule has 0 aromatic heterocycles. The molecule has 74 valence electrons. The Morgan fingerprint density at radius 2 is 1.86 bits per heavy atom. The Hall–Kier alpha value is -0.720. The van der Waals surface area contributed by atoms with Crippen molar-refractivity contribution in [1.82, 2.24) is 0 Å². The monoisotopic (exact) mass is 226 g/mol. The average molecular weight is 227 g/mol. The number of allylic oxidation sites excluding steroid dienone is 3. The van der Waals surface area contributed by atoms with Gasteiger partial charge in [-0.25, -0.2) is 0 Å². The Morgan fingerprint density at radius 1 is 1.29 bits per heavy atom. The van der Waals surface area contributed by atoms with Gasteiger partial charge in [0, 0.05) is 10.0 Å². The lowest BCUT2D eigenvalue weighted by atomic mass is 10.1. The van der Waals surface area contributed by atoms with Crippen LogP contribution in [-0.2, 0) is 6.42 Å². The van der Waals surface area contributed by atoms with Crippen molar-refractivity contribution in [3.8, 4) is 0 Å². The van der Waals surface area contributed by atoms with Crippen LogP contribution in [0.4, 0.5) is 0 Å². The molecule has 0 nitrogen and oxygen atoms in total. The molecule has 0 N–H and O–H groups in total. The smallest absolute Gasteiger partial charge is 0.0423 e. The quantitative estimate of drug-likeness (QED) is 0.658. The van der Waals surface area contributed by atoms with Crippen LogP contribution in [0, 0.1) is 0 Å². The first-order valence-electron chi connectivity index (χ1n) is 4.38. The summed E-state index contributed by atoms with van der Waals surface area (Å²) < 4.78 is 0. The molecule has 0 atom stereocenters. The van der Waals surface area contributed by atoms with Crippen LogP contribution in [0.15, 0.2) is 42.5 Å². The number of rotatable bonds is 3. The first kappa shape index (κ1) is 11.4. The van der Waals surface area contributed by atoms with Crippen molar-refractivity contribution in [3.63, 3.8) is 0 Å². The summed E-state index contributed by atoms with van der Waals surface area (Å²) in [5, 5.41) is 1.35. The molecule has 0 radical (unpaired) electrons. The number of hydrogen-bond acceptors (Lipinski definition) is 0. The highest BCUT2D eigenvalue weighted by Gasteiger charge is 1.99. The van der Waals surface area contributed by atoms with E-state index in [4.69, 9.17) is 23.2 Å². The molecule has 0 bridgehead atoms. The third-order valence-electron chi connectivity index (χ3n) is 1.96. The van der Waals surface area contributed by atoms with Crippen LogP contribution in [0.3, 0.4) is 0 Å². The van der Waals surface area contributed by atoms with Crippen molar-refractivity contribution < 1.29 is 0 Å². The summed E-state index contributed by atoms with van der Waals surface area (Å²) in [4.78, 5) is 0. The fraction of sp³-hybridized carbons (Fsp3) is 0.167. The first-order valence-corrected chi connectivity index (χ1v) is 5.14. The minimum atomic E-state index is 0.673. The predicted molar refractivity (Wildman–Crippen MR) is 64.1 cm³/mol. The molecule has 0 unspecified atom stereocenters. The zero-order valence-corrected chi connectivity index (χ0v) is 9.57. The standard InChI is InChI=1S/C12H12Cl2/c1-3-9(4-2)5-10-6-11(13)8-12(14)7-10/h3-4,6-8H,1,5H2,2H3/b9-4+. The first-order chi connectivity index (χ1) is 6.65. The fourth-order valence-corrected chi connectivity index (χ4v) is 1.81. The largest absolute Gasteiger partial charge is 0.0988 e. The van der Waals surface area contributed by atoms with Gasteiger partial charge in [-0.1, -0.05) is 41.9 Å². The summed E-state index contributed by atoms with van der Waals surface area (Å²) >= 11 is 11.8. The molecule has 0 amide bonds. The maximum absolute atomic E-state index is 5.89. The van der Waals surface area contributed by atoms with E-state index >= 15 is 0 Å². The second-order valence-electron chi connectivity index (χ2n) is 3.02. The van der Waals surface area contributed by atoms with Gasteiger partial charge in [-0.15, -0.1) is 0 Å². The Bertz CT molecular complexity index is 344. The number of benzene rings is 1. The summed E-state index contributed by atoms with van der Waals surface area (Å²) in [5.74, 6) is 0. The van der Waals surface area contributed by atoms with Crippen LogP contribution in [0.25, 0.3) is 0 Å². The van der Waals surface area contributed by atoms with Crippen LogP contribution < -0.4 is 0 Å². The average Bonchev–Trinajstić information content (AvgIpc) is 2.12. The molecular formula is C12H12Cl2. The van der Waals surface area contributed by atoms with Gasteiger partial charge >= 0.3 is 0 Å². The van der Waals surface area contributed by atoms with E-state index in [9.17, 15) is 0 Å². The molecule has 0 aliphatic rings. The van der Waals surface area contributed by atoms with Gasteiger partial charge in [0.05, 0.1) is 0 Å². The molecule has 0 saturated carbocycles. The highest BCUT2D eigenvalue weighted by atomic mass is 35.5. The molecule has 0 aliphatic carbocycles. The Morgan fingerprint density at radius 3 is 2.29 bits per heavy atom. The van der Waals surface area contributed by atoms with E-state index in [0.717, 1.165) is 12.0 Å². The summed E-state index contributed by atoms with van der Waals surface area (Å²) in [6.07, 6.45) is 4.69. The lowest BCUT2D eigenvalue weighted by Gasteiger charge is -2.03. The molecular weight excluding hydrogens is 215 g/mol. The molecule has 0 saturated heterocycles. The second-order valence-corrected chi connectivity index (χ2v) is 3.90. The van der Waals surface area contributed by atoms with Gasteiger partial charge in [0.25, 0.3) is 0 Å². The van der Waals surface area contributed by atoms with E-state index < -0.39 is 0 Å². The van der Waals surface area contributed by atoms with Gasteiger partial charge in [0.2, 0.25) is 0 Å². The predicted octanol–water partition coefficient (Wildman–Crippen LogP) is 4.67. The van der Waals surface area contributed by atoms with Crippen molar-refractivity contribution in [2.45, 2.75) is 13.3 Å². The van der Waals surface area contributed by atoms with Crippen molar-refractivity contribution >= 4 is 23.2 Å². The zero-order chi connectivity index (χ0) is 10.6. The molecule has 0 aliphatic heterocycles. The van der Waals surface area contributed by atoms with Crippen molar-refractivity contribution in [1.29, 1.82) is 0 Å². The zero-order valence-electron chi connectivity index (χ0n) is 8.06. The SMILES string of the molecule is C=C/C(=C\C)Cc1cc(Cl)cc(Cl)c1. The molecule has 14 heavy (non-hydrogen) atoms. The van der Waals surface area contributed by atoms with Crippen molar-refractivity contribution in [2.24, 2.45) is 0 Å². The normalized spacial score (nSPS) is 11.5. The van der Waals surface area contributed by atoms with Crippen LogP contribution in [0.1, 0.15) is 12.5 Å². The molecule has 1 aromatic carbocycles. The van der Waals surface area contributed by atoms with Gasteiger partial charge in [-0.2, -0.15) is 0 Å². The lowest BCUT2D eigenvalue weighted by molar-refractivity contribution is 1.19. The Balaban J connectivity index is 2.91. The summed E-state index contributed by atoms with van der Waals surface area (Å²) in [6, 6.07) is 5.57. The van der Waals surface area contributed by atoms with Crippen LogP contribution >= 0.6 is 23.2 Å². The maximum atomic E-state index is 5.89. The van der Waals surface area contributed by atoms with E-state index in [1.165, 1.54) is 5.57 Å². The summed E-state index contributed by atoms with van der Waals surface area (Å²) in [7, 11) is 0.